The predicted octanol–water partition coefficient (Wildman–Crippen LogP) is 1.87. The lowest BCUT2D eigenvalue weighted by atomic mass is 10.1. The number of nitrogens with two attached hydrogens (primary N) is 2. The summed E-state index contributed by atoms with van der Waals surface area (Å²) in [5.74, 6) is 2.70. The Morgan fingerprint density at radius 1 is 1.10 bits per heavy atom. The van der Waals surface area contributed by atoms with Crippen LogP contribution in [0.2, 0.25) is 0 Å². The van der Waals surface area contributed by atoms with E-state index in [0.29, 0.717) is 12.1 Å². The van der Waals surface area contributed by atoms with Gasteiger partial charge in [-0.2, -0.15) is 0 Å². The Hall–Kier alpha value is -2.28. The van der Waals surface area contributed by atoms with Gasteiger partial charge in [-0.25, -0.2) is 10.3 Å². The molecular weight excluding hydrogens is 261 g/mol. The van der Waals surface area contributed by atoms with Crippen molar-refractivity contribution in [1.29, 1.82) is 0 Å². The van der Waals surface area contributed by atoms with E-state index < -0.39 is 5.82 Å². The first kappa shape index (κ1) is 15.8. The third-order valence-corrected chi connectivity index (χ3v) is 2.57. The number of nitrogens with one attached hydrogen (secondary N) is 1. The van der Waals surface area contributed by atoms with Crippen molar-refractivity contribution in [3.05, 3.63) is 65.5 Å². The molecule has 2 aromatic carbocycles. The van der Waals surface area contributed by atoms with Gasteiger partial charge in [0.25, 0.3) is 5.91 Å². The maximum Gasteiger partial charge on any atom is 0.255 e. The summed E-state index contributed by atoms with van der Waals surface area (Å²) < 4.78 is 13.4. The molecule has 0 atom stereocenters. The van der Waals surface area contributed by atoms with Gasteiger partial charge in [0.15, 0.2) is 0 Å². The van der Waals surface area contributed by atoms with Gasteiger partial charge in [0, 0.05) is 12.1 Å². The molecule has 0 bridgehead atoms. The van der Waals surface area contributed by atoms with Crippen LogP contribution in [0.15, 0.2) is 48.5 Å². The molecular formula is C14H16FN3O2. The summed E-state index contributed by atoms with van der Waals surface area (Å²) >= 11 is 0. The van der Waals surface area contributed by atoms with E-state index in [0.717, 1.165) is 5.56 Å². The molecule has 2 rings (SSSR count). The molecule has 0 fully saturated rings. The Balaban J connectivity index is 0.000000956. The van der Waals surface area contributed by atoms with Crippen LogP contribution in [0.25, 0.3) is 0 Å². The Kier molecular flexibility index (Phi) is 6.31. The fraction of sp³-hybridized carbons (Fsp3) is 0.0714. The minimum absolute atomic E-state index is 0.172. The van der Waals surface area contributed by atoms with Gasteiger partial charge in [-0.15, -0.1) is 0 Å². The van der Waals surface area contributed by atoms with Gasteiger partial charge in [-0.1, -0.05) is 24.3 Å². The number of anilines is 1. The summed E-state index contributed by atoms with van der Waals surface area (Å²) in [6.45, 7) is 0.426. The standard InChI is InChI=1S/C14H13FN2O.H3NO/c15-12-3-1-2-4-13(12)17-14(18)11-7-5-10(9-16)6-8-11;1-2/h1-8H,9,16H2,(H,17,18);2H,1H2. The molecule has 0 spiro atoms. The number of hydrogen-bond donors (Lipinski definition) is 4. The zero-order chi connectivity index (χ0) is 15.0. The molecule has 6 heteroatoms. The quantitative estimate of drug-likeness (QED) is 0.643. The minimum atomic E-state index is -0.454. The molecule has 0 aliphatic rings. The molecule has 0 aliphatic heterocycles. The average molecular weight is 277 g/mol. The highest BCUT2D eigenvalue weighted by Gasteiger charge is 2.08. The maximum atomic E-state index is 13.4. The van der Waals surface area contributed by atoms with Crippen LogP contribution in [0.1, 0.15) is 15.9 Å². The monoisotopic (exact) mass is 277 g/mol. The van der Waals surface area contributed by atoms with Gasteiger partial charge >= 0.3 is 0 Å². The molecule has 106 valence electrons. The highest BCUT2D eigenvalue weighted by molar-refractivity contribution is 6.04. The predicted molar refractivity (Wildman–Crippen MR) is 74.7 cm³/mol. The van der Waals surface area contributed by atoms with Crippen molar-refractivity contribution in [2.45, 2.75) is 6.54 Å². The Bertz CT molecular complexity index is 559. The summed E-state index contributed by atoms with van der Waals surface area (Å²) in [7, 11) is 0. The number of para-hydroxylation sites is 1. The van der Waals surface area contributed by atoms with E-state index in [1.54, 1.807) is 36.4 Å². The van der Waals surface area contributed by atoms with Gasteiger partial charge in [0.1, 0.15) is 5.82 Å². The summed E-state index contributed by atoms with van der Waals surface area (Å²) in [5.41, 5.74) is 7.05. The van der Waals surface area contributed by atoms with E-state index in [9.17, 15) is 9.18 Å². The van der Waals surface area contributed by atoms with E-state index >= 15 is 0 Å². The van der Waals surface area contributed by atoms with Gasteiger partial charge in [0.2, 0.25) is 0 Å². The molecule has 20 heavy (non-hydrogen) atoms. The van der Waals surface area contributed by atoms with Gasteiger partial charge in [-0.3, -0.25) is 4.79 Å². The fourth-order valence-electron chi connectivity index (χ4n) is 1.55. The number of rotatable bonds is 3. The first-order chi connectivity index (χ1) is 9.70. The summed E-state index contributed by atoms with van der Waals surface area (Å²) in [5, 5.41) is 9.02. The van der Waals surface area contributed by atoms with Crippen LogP contribution in [0.5, 0.6) is 0 Å². The highest BCUT2D eigenvalue weighted by Crippen LogP contribution is 2.14. The van der Waals surface area contributed by atoms with E-state index in [1.165, 1.54) is 12.1 Å². The second-order valence-electron chi connectivity index (χ2n) is 3.84. The summed E-state index contributed by atoms with van der Waals surface area (Å²) in [6, 6.07) is 12.9. The third-order valence-electron chi connectivity index (χ3n) is 2.57. The molecule has 0 unspecified atom stereocenters. The second kappa shape index (κ2) is 8.00. The van der Waals surface area contributed by atoms with Crippen molar-refractivity contribution in [3.8, 4) is 0 Å². The molecule has 5 nitrogen and oxygen atoms in total. The number of halogens is 1. The van der Waals surface area contributed by atoms with Crippen molar-refractivity contribution in [3.63, 3.8) is 0 Å². The SMILES string of the molecule is NCc1ccc(C(=O)Nc2ccccc2F)cc1.NO. The lowest BCUT2D eigenvalue weighted by Gasteiger charge is -2.06. The van der Waals surface area contributed by atoms with E-state index in [-0.39, 0.29) is 11.6 Å². The zero-order valence-corrected chi connectivity index (χ0v) is 10.7. The average Bonchev–Trinajstić information content (AvgIpc) is 2.51. The highest BCUT2D eigenvalue weighted by atomic mass is 19.1. The molecule has 2 aromatic rings. The van der Waals surface area contributed by atoms with E-state index in [2.05, 4.69) is 11.2 Å². The molecule has 0 radical (unpaired) electrons. The minimum Gasteiger partial charge on any atom is -0.326 e. The van der Waals surface area contributed by atoms with Crippen LogP contribution in [-0.2, 0) is 6.54 Å². The molecule has 0 saturated carbocycles. The molecule has 0 aliphatic carbocycles. The maximum absolute atomic E-state index is 13.4. The van der Waals surface area contributed by atoms with E-state index in [4.69, 9.17) is 10.9 Å². The van der Waals surface area contributed by atoms with Gasteiger partial charge < -0.3 is 16.3 Å². The first-order valence-electron chi connectivity index (χ1n) is 5.81. The Morgan fingerprint density at radius 3 is 2.25 bits per heavy atom. The third kappa shape index (κ3) is 4.13. The largest absolute Gasteiger partial charge is 0.326 e. The first-order valence-corrected chi connectivity index (χ1v) is 5.81. The van der Waals surface area contributed by atoms with Crippen molar-refractivity contribution in [1.82, 2.24) is 0 Å². The smallest absolute Gasteiger partial charge is 0.255 e. The molecule has 0 aromatic heterocycles. The number of carbonyl (C=O) groups excluding carboxylic acids is 1. The topological polar surface area (TPSA) is 101 Å². The number of carbonyl (C=O) groups is 1. The van der Waals surface area contributed by atoms with Gasteiger partial charge in [-0.05, 0) is 29.8 Å². The van der Waals surface area contributed by atoms with Crippen LogP contribution < -0.4 is 16.9 Å². The van der Waals surface area contributed by atoms with Crippen molar-refractivity contribution in [2.24, 2.45) is 11.6 Å². The normalized spacial score (nSPS) is 9.40. The molecule has 1 amide bonds. The summed E-state index contributed by atoms with van der Waals surface area (Å²) in [6.07, 6.45) is 0. The number of amides is 1. The molecule has 6 N–H and O–H groups in total. The zero-order valence-electron chi connectivity index (χ0n) is 10.7. The van der Waals surface area contributed by atoms with E-state index in [1.807, 2.05) is 0 Å². The second-order valence-corrected chi connectivity index (χ2v) is 3.84. The van der Waals surface area contributed by atoms with Crippen LogP contribution in [0, 0.1) is 5.82 Å². The van der Waals surface area contributed by atoms with Crippen molar-refractivity contribution < 1.29 is 14.4 Å². The van der Waals surface area contributed by atoms with Crippen LogP contribution >= 0.6 is 0 Å². The van der Waals surface area contributed by atoms with Crippen molar-refractivity contribution in [2.75, 3.05) is 5.32 Å². The fourth-order valence-corrected chi connectivity index (χ4v) is 1.55. The summed E-state index contributed by atoms with van der Waals surface area (Å²) in [4.78, 5) is 11.9. The van der Waals surface area contributed by atoms with Crippen LogP contribution in [0.4, 0.5) is 10.1 Å². The van der Waals surface area contributed by atoms with Crippen molar-refractivity contribution >= 4 is 11.6 Å². The Morgan fingerprint density at radius 2 is 1.70 bits per heavy atom. The van der Waals surface area contributed by atoms with Gasteiger partial charge in [0.05, 0.1) is 5.69 Å². The molecule has 0 saturated heterocycles. The van der Waals surface area contributed by atoms with Crippen LogP contribution in [-0.4, -0.2) is 11.1 Å². The lowest BCUT2D eigenvalue weighted by Crippen LogP contribution is -2.13. The van der Waals surface area contributed by atoms with Crippen LogP contribution in [0.3, 0.4) is 0 Å². The Labute approximate surface area is 116 Å². The number of benzene rings is 2. The lowest BCUT2D eigenvalue weighted by molar-refractivity contribution is 0.102. The molecule has 0 heterocycles. The number of hydrogen-bond acceptors (Lipinski definition) is 4.